The minimum atomic E-state index is -3.96. The minimum absolute atomic E-state index is 0.0120. The first-order valence-corrected chi connectivity index (χ1v) is 9.67. The Morgan fingerprint density at radius 1 is 1.04 bits per heavy atom. The Morgan fingerprint density at radius 2 is 1.59 bits per heavy atom. The van der Waals surface area contributed by atoms with Crippen LogP contribution in [-0.2, 0) is 19.6 Å². The number of nitrogens with two attached hydrogens (primary N) is 1. The molecule has 0 bridgehead atoms. The number of anilines is 1. The highest BCUT2D eigenvalue weighted by Crippen LogP contribution is 2.29. The van der Waals surface area contributed by atoms with E-state index in [4.69, 9.17) is 10.5 Å². The summed E-state index contributed by atoms with van der Waals surface area (Å²) < 4.78 is 33.4. The second kappa shape index (κ2) is 7.79. The van der Waals surface area contributed by atoms with Crippen molar-refractivity contribution in [1.82, 2.24) is 0 Å². The van der Waals surface area contributed by atoms with Crippen molar-refractivity contribution in [3.63, 3.8) is 0 Å². The Balaban J connectivity index is 2.46. The average Bonchev–Trinajstić information content (AvgIpc) is 2.58. The number of hydrogen-bond acceptors (Lipinski definition) is 5. The molecule has 0 saturated heterocycles. The summed E-state index contributed by atoms with van der Waals surface area (Å²) in [6.45, 7) is 6.58. The van der Waals surface area contributed by atoms with Crippen LogP contribution in [0.25, 0.3) is 0 Å². The van der Waals surface area contributed by atoms with Crippen LogP contribution in [0.5, 0.6) is 0 Å². The summed E-state index contributed by atoms with van der Waals surface area (Å²) in [7, 11) is -3.96. The van der Waals surface area contributed by atoms with Gasteiger partial charge in [-0.1, -0.05) is 18.2 Å². The van der Waals surface area contributed by atoms with Crippen molar-refractivity contribution in [3.05, 3.63) is 58.1 Å². The van der Waals surface area contributed by atoms with Crippen LogP contribution in [0.1, 0.15) is 32.6 Å². The number of aryl methyl sites for hydroxylation is 2. The van der Waals surface area contributed by atoms with Gasteiger partial charge in [-0.15, -0.1) is 0 Å². The van der Waals surface area contributed by atoms with Crippen molar-refractivity contribution in [3.8, 4) is 0 Å². The van der Waals surface area contributed by atoms with Gasteiger partial charge in [0.05, 0.1) is 16.1 Å². The highest BCUT2D eigenvalue weighted by atomic mass is 32.2. The van der Waals surface area contributed by atoms with Crippen LogP contribution < -0.4 is 10.5 Å². The monoisotopic (exact) mass is 390 g/mol. The van der Waals surface area contributed by atoms with Crippen LogP contribution in [0.15, 0.2) is 35.2 Å². The van der Waals surface area contributed by atoms with E-state index in [-0.39, 0.29) is 16.1 Å². The van der Waals surface area contributed by atoms with E-state index in [1.165, 1.54) is 12.1 Å². The Bertz CT molecular complexity index is 987. The zero-order valence-corrected chi connectivity index (χ0v) is 16.4. The summed E-state index contributed by atoms with van der Waals surface area (Å²) in [5.41, 5.74) is 8.00. The number of nitrogens with one attached hydrogen (secondary N) is 1. The molecule has 0 unspecified atom stereocenters. The third kappa shape index (κ3) is 4.46. The summed E-state index contributed by atoms with van der Waals surface area (Å²) in [5, 5.41) is 0. The fraction of sp³-hybridized carbons (Fsp3) is 0.263. The molecule has 0 saturated carbocycles. The second-order valence-electron chi connectivity index (χ2n) is 6.28. The topological polar surface area (TPSA) is 116 Å². The van der Waals surface area contributed by atoms with Crippen LogP contribution in [-0.4, -0.2) is 26.9 Å². The molecule has 2 aromatic carbocycles. The molecule has 0 fully saturated rings. The van der Waals surface area contributed by atoms with Crippen molar-refractivity contribution in [1.29, 1.82) is 0 Å². The predicted molar refractivity (Wildman–Crippen MR) is 102 cm³/mol. The number of carbonyl (C=O) groups is 2. The van der Waals surface area contributed by atoms with E-state index < -0.39 is 28.5 Å². The number of esters is 1. The lowest BCUT2D eigenvalue weighted by atomic mass is 10.0. The fourth-order valence-electron chi connectivity index (χ4n) is 2.74. The van der Waals surface area contributed by atoms with Crippen molar-refractivity contribution in [2.45, 2.75) is 32.6 Å². The normalized spacial score (nSPS) is 11.1. The van der Waals surface area contributed by atoms with E-state index in [1.807, 2.05) is 19.9 Å². The van der Waals surface area contributed by atoms with Gasteiger partial charge in [0.15, 0.2) is 6.61 Å². The maximum Gasteiger partial charge on any atom is 0.340 e. The molecule has 0 aliphatic carbocycles. The van der Waals surface area contributed by atoms with Gasteiger partial charge in [0, 0.05) is 0 Å². The zero-order valence-electron chi connectivity index (χ0n) is 15.6. The first kappa shape index (κ1) is 20.4. The Morgan fingerprint density at radius 3 is 2.15 bits per heavy atom. The summed E-state index contributed by atoms with van der Waals surface area (Å²) >= 11 is 0. The van der Waals surface area contributed by atoms with Crippen molar-refractivity contribution < 1.29 is 22.7 Å². The van der Waals surface area contributed by atoms with Crippen molar-refractivity contribution in [2.75, 3.05) is 11.3 Å². The first-order chi connectivity index (χ1) is 12.5. The van der Waals surface area contributed by atoms with E-state index in [0.29, 0.717) is 11.1 Å². The lowest BCUT2D eigenvalue weighted by Gasteiger charge is -2.18. The molecule has 0 atom stereocenters. The largest absolute Gasteiger partial charge is 0.452 e. The number of carbonyl (C=O) groups excluding carboxylic acids is 2. The highest BCUT2D eigenvalue weighted by molar-refractivity contribution is 7.92. The third-order valence-electron chi connectivity index (χ3n) is 4.30. The van der Waals surface area contributed by atoms with Crippen LogP contribution >= 0.6 is 0 Å². The molecule has 1 amide bonds. The van der Waals surface area contributed by atoms with Gasteiger partial charge in [-0.05, 0) is 62.1 Å². The van der Waals surface area contributed by atoms with Gasteiger partial charge in [-0.25, -0.2) is 13.2 Å². The minimum Gasteiger partial charge on any atom is -0.452 e. The number of primary amides is 1. The van der Waals surface area contributed by atoms with Crippen LogP contribution in [0.2, 0.25) is 0 Å². The lowest BCUT2D eigenvalue weighted by Crippen LogP contribution is -2.22. The molecular weight excluding hydrogens is 368 g/mol. The van der Waals surface area contributed by atoms with Gasteiger partial charge in [0.25, 0.3) is 15.9 Å². The van der Waals surface area contributed by atoms with Crippen LogP contribution in [0.4, 0.5) is 5.69 Å². The van der Waals surface area contributed by atoms with Gasteiger partial charge < -0.3 is 10.5 Å². The van der Waals surface area contributed by atoms with E-state index >= 15 is 0 Å². The SMILES string of the molecule is Cc1cc(C)c(C)c(S(=O)(=O)Nc2ccccc2C(=O)OCC(N)=O)c1C. The van der Waals surface area contributed by atoms with E-state index in [2.05, 4.69) is 4.72 Å². The zero-order chi connectivity index (χ0) is 20.4. The molecule has 0 radical (unpaired) electrons. The third-order valence-corrected chi connectivity index (χ3v) is 5.94. The van der Waals surface area contributed by atoms with Gasteiger partial charge >= 0.3 is 5.97 Å². The van der Waals surface area contributed by atoms with Gasteiger partial charge in [-0.3, -0.25) is 9.52 Å². The number of sulfonamides is 1. The molecule has 8 heteroatoms. The van der Waals surface area contributed by atoms with Crippen molar-refractivity contribution in [2.24, 2.45) is 5.73 Å². The molecule has 144 valence electrons. The molecule has 2 rings (SSSR count). The fourth-order valence-corrected chi connectivity index (χ4v) is 4.44. The van der Waals surface area contributed by atoms with Crippen LogP contribution in [0, 0.1) is 27.7 Å². The summed E-state index contributed by atoms with van der Waals surface area (Å²) in [6, 6.07) is 7.93. The number of amides is 1. The number of benzene rings is 2. The maximum atomic E-state index is 13.1. The summed E-state index contributed by atoms with van der Waals surface area (Å²) in [6.07, 6.45) is 0. The predicted octanol–water partition coefficient (Wildman–Crippen LogP) is 2.36. The van der Waals surface area contributed by atoms with Crippen molar-refractivity contribution >= 4 is 27.6 Å². The Hall–Kier alpha value is -2.87. The highest BCUT2D eigenvalue weighted by Gasteiger charge is 2.24. The maximum absolute atomic E-state index is 13.1. The number of hydrogen-bond donors (Lipinski definition) is 2. The molecule has 7 nitrogen and oxygen atoms in total. The number of para-hydroxylation sites is 1. The summed E-state index contributed by atoms with van der Waals surface area (Å²) in [5.74, 6) is -1.65. The quantitative estimate of drug-likeness (QED) is 0.735. The molecule has 0 spiro atoms. The molecule has 0 aromatic heterocycles. The molecule has 0 aliphatic heterocycles. The van der Waals surface area contributed by atoms with E-state index in [0.717, 1.165) is 11.1 Å². The van der Waals surface area contributed by atoms with Crippen LogP contribution in [0.3, 0.4) is 0 Å². The standard InChI is InChI=1S/C19H22N2O5S/c1-11-9-12(2)14(4)18(13(11)3)27(24,25)21-16-8-6-5-7-15(16)19(23)26-10-17(20)22/h5-9,21H,10H2,1-4H3,(H2,20,22). The molecule has 27 heavy (non-hydrogen) atoms. The molecule has 2 aromatic rings. The average molecular weight is 390 g/mol. The molecule has 0 heterocycles. The number of ether oxygens (including phenoxy) is 1. The van der Waals surface area contributed by atoms with E-state index in [9.17, 15) is 18.0 Å². The lowest BCUT2D eigenvalue weighted by molar-refractivity contribution is -0.121. The van der Waals surface area contributed by atoms with Gasteiger partial charge in [0.2, 0.25) is 0 Å². The van der Waals surface area contributed by atoms with E-state index in [1.54, 1.807) is 26.0 Å². The molecule has 0 aliphatic rings. The Labute approximate surface area is 158 Å². The van der Waals surface area contributed by atoms with Gasteiger partial charge in [0.1, 0.15) is 0 Å². The molecule has 3 N–H and O–H groups in total. The smallest absolute Gasteiger partial charge is 0.340 e. The molecular formula is C19H22N2O5S. The second-order valence-corrected chi connectivity index (χ2v) is 7.90. The van der Waals surface area contributed by atoms with Gasteiger partial charge in [-0.2, -0.15) is 0 Å². The Kier molecular flexibility index (Phi) is 5.90. The summed E-state index contributed by atoms with van der Waals surface area (Å²) in [4.78, 5) is 23.2. The number of rotatable bonds is 6. The first-order valence-electron chi connectivity index (χ1n) is 8.19.